The molecule has 2 aliphatic heterocycles. The van der Waals surface area contributed by atoms with E-state index in [2.05, 4.69) is 6.92 Å². The molecule has 0 aromatic carbocycles. The van der Waals surface area contributed by atoms with E-state index in [9.17, 15) is 9.59 Å². The molecule has 0 radical (unpaired) electrons. The first-order valence-electron chi connectivity index (χ1n) is 9.86. The van der Waals surface area contributed by atoms with Crippen LogP contribution in [0.25, 0.3) is 0 Å². The Hall–Kier alpha value is -1.30. The summed E-state index contributed by atoms with van der Waals surface area (Å²) in [5, 5.41) is 0. The summed E-state index contributed by atoms with van der Waals surface area (Å²) in [4.78, 5) is 29.0. The molecule has 2 heterocycles. The topological polar surface area (TPSA) is 59.1 Å². The quantitative estimate of drug-likeness (QED) is 0.700. The first-order valence-corrected chi connectivity index (χ1v) is 9.86. The minimum Gasteiger partial charge on any atom is -0.444 e. The zero-order valence-electron chi connectivity index (χ0n) is 17.3. The number of nitrogens with zero attached hydrogens (tertiary/aromatic N) is 2. The smallest absolute Gasteiger partial charge is 0.410 e. The SMILES string of the molecule is COCCCCC1C(=O)N(C)CC2CN(C(=O)OC(C)(C)C)CC2C1C. The molecule has 0 aromatic rings. The predicted molar refractivity (Wildman–Crippen MR) is 101 cm³/mol. The Morgan fingerprint density at radius 1 is 1.19 bits per heavy atom. The summed E-state index contributed by atoms with van der Waals surface area (Å²) in [7, 11) is 3.61. The molecule has 6 heteroatoms. The number of likely N-dealkylation sites (tertiary alicyclic amines) is 2. The highest BCUT2D eigenvalue weighted by Crippen LogP contribution is 2.39. The third-order valence-electron chi connectivity index (χ3n) is 5.77. The van der Waals surface area contributed by atoms with Gasteiger partial charge in [-0.1, -0.05) is 13.3 Å². The van der Waals surface area contributed by atoms with E-state index in [1.54, 1.807) is 7.11 Å². The zero-order chi connectivity index (χ0) is 19.5. The molecule has 4 atom stereocenters. The number of ether oxygens (including phenoxy) is 2. The van der Waals surface area contributed by atoms with E-state index in [4.69, 9.17) is 9.47 Å². The molecular formula is C20H36N2O4. The van der Waals surface area contributed by atoms with Gasteiger partial charge in [0.15, 0.2) is 0 Å². The van der Waals surface area contributed by atoms with Crippen LogP contribution in [0.5, 0.6) is 0 Å². The lowest BCUT2D eigenvalue weighted by atomic mass is 9.77. The van der Waals surface area contributed by atoms with Crippen LogP contribution in [0.1, 0.15) is 47.0 Å². The van der Waals surface area contributed by atoms with Crippen molar-refractivity contribution >= 4 is 12.0 Å². The van der Waals surface area contributed by atoms with Crippen LogP contribution in [0.2, 0.25) is 0 Å². The molecule has 2 saturated heterocycles. The number of rotatable bonds is 5. The number of hydrogen-bond acceptors (Lipinski definition) is 4. The van der Waals surface area contributed by atoms with Crippen LogP contribution in [0.15, 0.2) is 0 Å². The molecule has 2 aliphatic rings. The van der Waals surface area contributed by atoms with Gasteiger partial charge >= 0.3 is 6.09 Å². The van der Waals surface area contributed by atoms with Gasteiger partial charge in [0.25, 0.3) is 0 Å². The second-order valence-electron chi connectivity index (χ2n) is 8.98. The van der Waals surface area contributed by atoms with Crippen molar-refractivity contribution in [3.8, 4) is 0 Å². The molecule has 0 aromatic heterocycles. The third kappa shape index (κ3) is 5.12. The lowest BCUT2D eigenvalue weighted by Gasteiger charge is -2.28. The van der Waals surface area contributed by atoms with Gasteiger partial charge in [-0.3, -0.25) is 4.79 Å². The summed E-state index contributed by atoms with van der Waals surface area (Å²) in [5.41, 5.74) is -0.482. The monoisotopic (exact) mass is 368 g/mol. The molecule has 0 spiro atoms. The van der Waals surface area contributed by atoms with Crippen LogP contribution in [-0.4, -0.2) is 67.8 Å². The standard InChI is InChI=1S/C20H36N2O4/c1-14-16(9-7-8-10-25-6)18(23)21(5)11-15-12-22(13-17(14)15)19(24)26-20(2,3)4/h14-17H,7-13H2,1-6H3. The number of carbonyl (C=O) groups excluding carboxylic acids is 2. The molecule has 2 rings (SSSR count). The number of carbonyl (C=O) groups is 2. The number of fused-ring (bicyclic) bond motifs is 1. The lowest BCUT2D eigenvalue weighted by Crippen LogP contribution is -2.39. The second kappa shape index (κ2) is 8.59. The van der Waals surface area contributed by atoms with Crippen molar-refractivity contribution < 1.29 is 19.1 Å². The highest BCUT2D eigenvalue weighted by atomic mass is 16.6. The van der Waals surface area contributed by atoms with E-state index in [-0.39, 0.29) is 23.8 Å². The van der Waals surface area contributed by atoms with Crippen molar-refractivity contribution in [1.29, 1.82) is 0 Å². The first kappa shape index (κ1) is 21.0. The fourth-order valence-electron chi connectivity index (χ4n) is 4.41. The van der Waals surface area contributed by atoms with E-state index in [0.29, 0.717) is 24.9 Å². The number of amides is 2. The van der Waals surface area contributed by atoms with Crippen molar-refractivity contribution in [2.24, 2.45) is 23.7 Å². The summed E-state index contributed by atoms with van der Waals surface area (Å²) in [5.74, 6) is 1.24. The minimum atomic E-state index is -0.482. The molecule has 0 bridgehead atoms. The Balaban J connectivity index is 2.05. The van der Waals surface area contributed by atoms with Crippen LogP contribution < -0.4 is 0 Å². The molecule has 2 fully saturated rings. The van der Waals surface area contributed by atoms with Crippen LogP contribution in [0.3, 0.4) is 0 Å². The summed E-state index contributed by atoms with van der Waals surface area (Å²) >= 11 is 0. The average molecular weight is 369 g/mol. The molecule has 26 heavy (non-hydrogen) atoms. The van der Waals surface area contributed by atoms with Crippen molar-refractivity contribution in [3.63, 3.8) is 0 Å². The summed E-state index contributed by atoms with van der Waals surface area (Å²) < 4.78 is 10.7. The normalized spacial score (nSPS) is 29.5. The molecule has 0 N–H and O–H groups in total. The van der Waals surface area contributed by atoms with Gasteiger partial charge in [0.05, 0.1) is 0 Å². The molecule has 4 unspecified atom stereocenters. The molecule has 6 nitrogen and oxygen atoms in total. The van der Waals surface area contributed by atoms with Crippen molar-refractivity contribution in [3.05, 3.63) is 0 Å². The number of hydrogen-bond donors (Lipinski definition) is 0. The second-order valence-corrected chi connectivity index (χ2v) is 8.98. The van der Waals surface area contributed by atoms with Crippen molar-refractivity contribution in [2.45, 2.75) is 52.6 Å². The third-order valence-corrected chi connectivity index (χ3v) is 5.77. The van der Waals surface area contributed by atoms with Gasteiger partial charge in [-0.15, -0.1) is 0 Å². The van der Waals surface area contributed by atoms with Gasteiger partial charge in [0.2, 0.25) is 5.91 Å². The van der Waals surface area contributed by atoms with Crippen LogP contribution in [0, 0.1) is 23.7 Å². The van der Waals surface area contributed by atoms with Gasteiger partial charge in [-0.2, -0.15) is 0 Å². The van der Waals surface area contributed by atoms with E-state index in [0.717, 1.165) is 32.4 Å². The Kier molecular flexibility index (Phi) is 6.94. The van der Waals surface area contributed by atoms with Crippen LogP contribution in [0.4, 0.5) is 4.79 Å². The Morgan fingerprint density at radius 2 is 1.88 bits per heavy atom. The van der Waals surface area contributed by atoms with Crippen molar-refractivity contribution in [2.75, 3.05) is 40.4 Å². The van der Waals surface area contributed by atoms with Gasteiger partial charge in [-0.05, 0) is 51.4 Å². The summed E-state index contributed by atoms with van der Waals surface area (Å²) in [6, 6.07) is 0. The molecular weight excluding hydrogens is 332 g/mol. The van der Waals surface area contributed by atoms with E-state index >= 15 is 0 Å². The fourth-order valence-corrected chi connectivity index (χ4v) is 4.41. The van der Waals surface area contributed by atoms with Crippen molar-refractivity contribution in [1.82, 2.24) is 9.80 Å². The van der Waals surface area contributed by atoms with E-state index in [1.165, 1.54) is 0 Å². The Labute approximate surface area is 158 Å². The van der Waals surface area contributed by atoms with E-state index < -0.39 is 5.60 Å². The maximum atomic E-state index is 12.8. The molecule has 0 aliphatic carbocycles. The first-order chi connectivity index (χ1) is 12.1. The lowest BCUT2D eigenvalue weighted by molar-refractivity contribution is -0.135. The van der Waals surface area contributed by atoms with Gasteiger partial charge < -0.3 is 19.3 Å². The number of unbranched alkanes of at least 4 members (excludes halogenated alkanes) is 1. The predicted octanol–water partition coefficient (Wildman–Crippen LogP) is 3.01. The molecule has 2 amide bonds. The largest absolute Gasteiger partial charge is 0.444 e. The van der Waals surface area contributed by atoms with Crippen LogP contribution in [-0.2, 0) is 14.3 Å². The van der Waals surface area contributed by atoms with Gasteiger partial charge in [0.1, 0.15) is 5.60 Å². The number of methoxy groups -OCH3 is 1. The molecule has 0 saturated carbocycles. The maximum Gasteiger partial charge on any atom is 0.410 e. The highest BCUT2D eigenvalue weighted by molar-refractivity contribution is 5.79. The van der Waals surface area contributed by atoms with Gasteiger partial charge in [-0.25, -0.2) is 4.79 Å². The Morgan fingerprint density at radius 3 is 2.50 bits per heavy atom. The zero-order valence-corrected chi connectivity index (χ0v) is 17.3. The van der Waals surface area contributed by atoms with E-state index in [1.807, 2.05) is 37.6 Å². The Bertz CT molecular complexity index is 503. The van der Waals surface area contributed by atoms with Crippen LogP contribution >= 0.6 is 0 Å². The molecule has 150 valence electrons. The summed E-state index contributed by atoms with van der Waals surface area (Å²) in [6.07, 6.45) is 2.64. The minimum absolute atomic E-state index is 0.0328. The van der Waals surface area contributed by atoms with Gasteiger partial charge in [0, 0.05) is 46.3 Å². The summed E-state index contributed by atoms with van der Waals surface area (Å²) in [6.45, 7) is 10.7. The fraction of sp³-hybridized carbons (Fsp3) is 0.900. The average Bonchev–Trinajstić information content (AvgIpc) is 2.93. The maximum absolute atomic E-state index is 12.8. The highest BCUT2D eigenvalue weighted by Gasteiger charge is 2.46.